The Bertz CT molecular complexity index is 596. The van der Waals surface area contributed by atoms with Crippen molar-refractivity contribution in [3.63, 3.8) is 0 Å². The molecule has 0 bridgehead atoms. The number of carbonyl (C=O) groups excluding carboxylic acids is 2. The Balaban J connectivity index is 2.30. The number of esters is 1. The number of anilines is 2. The number of amides is 1. The van der Waals surface area contributed by atoms with Crippen LogP contribution in [-0.4, -0.2) is 38.3 Å². The molecular weight excluding hydrogens is 313 g/mol. The molecule has 0 spiro atoms. The van der Waals surface area contributed by atoms with Crippen LogP contribution in [0.1, 0.15) is 29.6 Å². The van der Waals surface area contributed by atoms with Crippen molar-refractivity contribution >= 4 is 23.3 Å². The van der Waals surface area contributed by atoms with E-state index in [4.69, 9.17) is 4.74 Å². The lowest BCUT2D eigenvalue weighted by Crippen LogP contribution is -2.32. The fourth-order valence-corrected chi connectivity index (χ4v) is 2.50. The van der Waals surface area contributed by atoms with Crippen molar-refractivity contribution in [2.24, 2.45) is 0 Å². The van der Waals surface area contributed by atoms with Gasteiger partial charge in [0.15, 0.2) is 0 Å². The summed E-state index contributed by atoms with van der Waals surface area (Å²) >= 11 is 0. The van der Waals surface area contributed by atoms with Gasteiger partial charge in [0, 0.05) is 18.8 Å². The van der Waals surface area contributed by atoms with Gasteiger partial charge in [-0.3, -0.25) is 4.79 Å². The van der Waals surface area contributed by atoms with Crippen LogP contribution in [0.3, 0.4) is 0 Å². The van der Waals surface area contributed by atoms with Crippen molar-refractivity contribution < 1.29 is 27.5 Å². The van der Waals surface area contributed by atoms with Gasteiger partial charge in [-0.2, -0.15) is 13.2 Å². The third kappa shape index (κ3) is 4.14. The highest BCUT2D eigenvalue weighted by atomic mass is 19.4. The molecule has 5 nitrogen and oxygen atoms in total. The second kappa shape index (κ2) is 6.89. The van der Waals surface area contributed by atoms with Crippen LogP contribution in [0.5, 0.6) is 0 Å². The lowest BCUT2D eigenvalue weighted by atomic mass is 10.1. The summed E-state index contributed by atoms with van der Waals surface area (Å²) in [5, 5.41) is 1.74. The Kier molecular flexibility index (Phi) is 5.12. The number of halogens is 3. The van der Waals surface area contributed by atoms with Gasteiger partial charge >= 0.3 is 18.1 Å². The minimum atomic E-state index is -4.99. The van der Waals surface area contributed by atoms with Crippen LogP contribution in [0.4, 0.5) is 24.5 Å². The number of alkyl halides is 3. The number of hydrogen-bond donors (Lipinski definition) is 1. The van der Waals surface area contributed by atoms with E-state index < -0.39 is 18.1 Å². The Hall–Kier alpha value is -2.25. The fourth-order valence-electron chi connectivity index (χ4n) is 2.50. The van der Waals surface area contributed by atoms with Crippen molar-refractivity contribution in [3.8, 4) is 0 Å². The third-order valence-corrected chi connectivity index (χ3v) is 3.61. The van der Waals surface area contributed by atoms with Gasteiger partial charge in [0.25, 0.3) is 0 Å². The van der Waals surface area contributed by atoms with Crippen LogP contribution in [0, 0.1) is 0 Å². The quantitative estimate of drug-likeness (QED) is 0.866. The molecule has 0 radical (unpaired) electrons. The van der Waals surface area contributed by atoms with Gasteiger partial charge in [-0.15, -0.1) is 0 Å². The van der Waals surface area contributed by atoms with Crippen molar-refractivity contribution in [2.45, 2.75) is 25.4 Å². The predicted molar refractivity (Wildman–Crippen MR) is 78.5 cm³/mol. The first-order valence-electron chi connectivity index (χ1n) is 7.18. The van der Waals surface area contributed by atoms with E-state index in [9.17, 15) is 22.8 Å². The maximum Gasteiger partial charge on any atom is 0.471 e. The number of ether oxygens (including phenoxy) is 1. The van der Waals surface area contributed by atoms with Crippen LogP contribution in [0.25, 0.3) is 0 Å². The van der Waals surface area contributed by atoms with Crippen molar-refractivity contribution in [1.82, 2.24) is 0 Å². The van der Waals surface area contributed by atoms with E-state index in [1.807, 2.05) is 4.90 Å². The first kappa shape index (κ1) is 17.1. The summed E-state index contributed by atoms with van der Waals surface area (Å²) in [7, 11) is 1.20. The number of nitrogens with one attached hydrogen (secondary N) is 1. The number of piperidine rings is 1. The molecule has 1 aliphatic heterocycles. The van der Waals surface area contributed by atoms with Crippen LogP contribution < -0.4 is 10.2 Å². The SMILES string of the molecule is COC(=O)c1cc(NC(=O)C(F)(F)F)ccc1N1CCCCC1. The molecule has 0 unspecified atom stereocenters. The minimum absolute atomic E-state index is 0.103. The zero-order valence-electron chi connectivity index (χ0n) is 12.6. The lowest BCUT2D eigenvalue weighted by molar-refractivity contribution is -0.167. The summed E-state index contributed by atoms with van der Waals surface area (Å²) < 4.78 is 41.6. The van der Waals surface area contributed by atoms with Crippen LogP contribution in [0.2, 0.25) is 0 Å². The molecule has 1 heterocycles. The predicted octanol–water partition coefficient (Wildman–Crippen LogP) is 2.96. The molecule has 0 aromatic heterocycles. The number of nitrogens with zero attached hydrogens (tertiary/aromatic N) is 1. The second-order valence-corrected chi connectivity index (χ2v) is 5.22. The monoisotopic (exact) mass is 330 g/mol. The fraction of sp³-hybridized carbons (Fsp3) is 0.467. The minimum Gasteiger partial charge on any atom is -0.465 e. The van der Waals surface area contributed by atoms with Crippen LogP contribution in [0.15, 0.2) is 18.2 Å². The first-order valence-corrected chi connectivity index (χ1v) is 7.18. The highest BCUT2D eigenvalue weighted by Gasteiger charge is 2.38. The third-order valence-electron chi connectivity index (χ3n) is 3.61. The molecule has 2 rings (SSSR count). The maximum absolute atomic E-state index is 12.3. The number of rotatable bonds is 3. The molecule has 126 valence electrons. The highest BCUT2D eigenvalue weighted by molar-refractivity contribution is 6.00. The molecule has 1 aromatic rings. The summed E-state index contributed by atoms with van der Waals surface area (Å²) in [5.41, 5.74) is 0.629. The van der Waals surface area contributed by atoms with Crippen molar-refractivity contribution in [1.29, 1.82) is 0 Å². The molecule has 1 fully saturated rings. The topological polar surface area (TPSA) is 58.6 Å². The second-order valence-electron chi connectivity index (χ2n) is 5.22. The van der Waals surface area contributed by atoms with E-state index in [0.29, 0.717) is 5.69 Å². The molecule has 0 atom stereocenters. The standard InChI is InChI=1S/C15H17F3N2O3/c1-23-13(21)11-9-10(19-14(22)15(16,17)18)5-6-12(11)20-7-3-2-4-8-20/h5-6,9H,2-4,7-8H2,1H3,(H,19,22). The largest absolute Gasteiger partial charge is 0.471 e. The van der Waals surface area contributed by atoms with E-state index >= 15 is 0 Å². The average molecular weight is 330 g/mol. The number of hydrogen-bond acceptors (Lipinski definition) is 4. The van der Waals surface area contributed by atoms with Crippen LogP contribution >= 0.6 is 0 Å². The molecule has 0 saturated carbocycles. The summed E-state index contributed by atoms with van der Waals surface area (Å²) in [6.07, 6.45) is -1.93. The average Bonchev–Trinajstić information content (AvgIpc) is 2.54. The summed E-state index contributed by atoms with van der Waals surface area (Å²) in [6.45, 7) is 1.52. The zero-order chi connectivity index (χ0) is 17.0. The molecule has 8 heteroatoms. The van der Waals surface area contributed by atoms with Gasteiger partial charge in [-0.1, -0.05) is 0 Å². The summed E-state index contributed by atoms with van der Waals surface area (Å²) in [4.78, 5) is 24.9. The van der Waals surface area contributed by atoms with Gasteiger partial charge in [0.1, 0.15) is 0 Å². The Morgan fingerprint density at radius 2 is 1.83 bits per heavy atom. The summed E-state index contributed by atoms with van der Waals surface area (Å²) in [6, 6.07) is 4.09. The van der Waals surface area contributed by atoms with Gasteiger partial charge in [-0.25, -0.2) is 4.79 Å². The molecule has 1 saturated heterocycles. The van der Waals surface area contributed by atoms with E-state index in [1.165, 1.54) is 25.3 Å². The van der Waals surface area contributed by atoms with E-state index in [0.717, 1.165) is 32.4 Å². The van der Waals surface area contributed by atoms with E-state index in [2.05, 4.69) is 0 Å². The number of carbonyl (C=O) groups is 2. The van der Waals surface area contributed by atoms with Crippen LogP contribution in [-0.2, 0) is 9.53 Å². The Morgan fingerprint density at radius 1 is 1.17 bits per heavy atom. The van der Waals surface area contributed by atoms with Gasteiger partial charge in [0.05, 0.1) is 18.4 Å². The zero-order valence-corrected chi connectivity index (χ0v) is 12.6. The van der Waals surface area contributed by atoms with Gasteiger partial charge in [-0.05, 0) is 37.5 Å². The highest BCUT2D eigenvalue weighted by Crippen LogP contribution is 2.28. The number of benzene rings is 1. The van der Waals surface area contributed by atoms with Crippen molar-refractivity contribution in [2.75, 3.05) is 30.4 Å². The molecule has 1 aliphatic rings. The molecule has 1 aromatic carbocycles. The Morgan fingerprint density at radius 3 is 2.39 bits per heavy atom. The smallest absolute Gasteiger partial charge is 0.465 e. The molecule has 0 aliphatic carbocycles. The summed E-state index contributed by atoms with van der Waals surface area (Å²) in [5.74, 6) is -2.74. The maximum atomic E-state index is 12.3. The lowest BCUT2D eigenvalue weighted by Gasteiger charge is -2.30. The first-order chi connectivity index (χ1) is 10.8. The number of methoxy groups -OCH3 is 1. The van der Waals surface area contributed by atoms with Crippen molar-refractivity contribution in [3.05, 3.63) is 23.8 Å². The normalized spacial score (nSPS) is 15.2. The van der Waals surface area contributed by atoms with E-state index in [1.54, 1.807) is 5.32 Å². The van der Waals surface area contributed by atoms with E-state index in [-0.39, 0.29) is 11.3 Å². The molecular formula is C15H17F3N2O3. The molecule has 1 N–H and O–H groups in total. The Labute approximate surface area is 131 Å². The molecule has 1 amide bonds. The van der Waals surface area contributed by atoms with Gasteiger partial charge in [0.2, 0.25) is 0 Å². The van der Waals surface area contributed by atoms with Gasteiger partial charge < -0.3 is 15.0 Å². The molecule has 23 heavy (non-hydrogen) atoms.